The maximum Gasteiger partial charge on any atom is 0.312 e. The molecule has 11 rings (SSSR count). The molecule has 5 fully saturated rings. The van der Waals surface area contributed by atoms with Gasteiger partial charge >= 0.3 is 5.69 Å². The number of benzene rings is 2. The Balaban J connectivity index is 0.873. The molecular formula is C53H64FN9O9S. The Bertz CT molecular complexity index is 3020. The van der Waals surface area contributed by atoms with Crippen molar-refractivity contribution in [2.75, 3.05) is 67.7 Å². The number of carbonyl (C=O) groups is 1. The van der Waals surface area contributed by atoms with E-state index in [0.717, 1.165) is 82.7 Å². The molecule has 2 aromatic carbocycles. The molecule has 0 radical (unpaired) electrons. The zero-order valence-electron chi connectivity index (χ0n) is 41.5. The van der Waals surface area contributed by atoms with Crippen LogP contribution in [0.1, 0.15) is 112 Å². The van der Waals surface area contributed by atoms with Crippen LogP contribution in [0, 0.1) is 27.3 Å². The largest absolute Gasteiger partial charge is 0.468 e. The van der Waals surface area contributed by atoms with E-state index in [1.165, 1.54) is 17.3 Å². The van der Waals surface area contributed by atoms with Crippen LogP contribution in [0.4, 0.5) is 33.0 Å². The third-order valence-electron chi connectivity index (χ3n) is 16.6. The van der Waals surface area contributed by atoms with E-state index in [9.17, 15) is 28.4 Å². The van der Waals surface area contributed by atoms with Crippen LogP contribution in [0.3, 0.4) is 0 Å². The third-order valence-corrected chi connectivity index (χ3v) is 17.9. The normalized spacial score (nSPS) is 25.5. The van der Waals surface area contributed by atoms with Crippen molar-refractivity contribution in [1.29, 1.82) is 0 Å². The van der Waals surface area contributed by atoms with Gasteiger partial charge in [-0.25, -0.2) is 22.5 Å². The van der Waals surface area contributed by atoms with E-state index in [1.807, 2.05) is 17.0 Å². The number of halogens is 1. The Kier molecular flexibility index (Phi) is 13.1. The maximum absolute atomic E-state index is 15.3. The number of morpholine rings is 1. The quantitative estimate of drug-likeness (QED) is 0.0686. The van der Waals surface area contributed by atoms with Gasteiger partial charge in [-0.05, 0) is 117 Å². The Morgan fingerprint density at radius 2 is 1.77 bits per heavy atom. The summed E-state index contributed by atoms with van der Waals surface area (Å²) in [6, 6.07) is 16.9. The Labute approximate surface area is 424 Å². The first-order valence-corrected chi connectivity index (χ1v) is 27.2. The van der Waals surface area contributed by atoms with Gasteiger partial charge in [0.2, 0.25) is 11.7 Å². The number of hydrogen-bond donors (Lipinski definition) is 4. The van der Waals surface area contributed by atoms with Gasteiger partial charge in [0.25, 0.3) is 15.9 Å². The van der Waals surface area contributed by atoms with Gasteiger partial charge in [0.15, 0.2) is 0 Å². The van der Waals surface area contributed by atoms with E-state index in [-0.39, 0.29) is 52.3 Å². The van der Waals surface area contributed by atoms with Crippen molar-refractivity contribution < 1.29 is 41.8 Å². The number of nitrogens with one attached hydrogen (secondary N) is 3. The molecule has 2 aliphatic carbocycles. The number of amides is 1. The Hall–Kier alpha value is -5.93. The molecular weight excluding hydrogens is 958 g/mol. The van der Waals surface area contributed by atoms with Crippen molar-refractivity contribution in [1.82, 2.24) is 24.6 Å². The van der Waals surface area contributed by atoms with E-state index in [2.05, 4.69) is 72.9 Å². The summed E-state index contributed by atoms with van der Waals surface area (Å²) < 4.78 is 64.1. The summed E-state index contributed by atoms with van der Waals surface area (Å²) in [6.45, 7) is 11.1. The monoisotopic (exact) mass is 1020 g/mol. The van der Waals surface area contributed by atoms with Crippen molar-refractivity contribution in [3.05, 3.63) is 99.6 Å². The van der Waals surface area contributed by atoms with Gasteiger partial charge in [-0.15, -0.1) is 0 Å². The number of ether oxygens (including phenoxy) is 3. The number of aromatic nitrogens is 3. The lowest BCUT2D eigenvalue weighted by atomic mass is 9.59. The summed E-state index contributed by atoms with van der Waals surface area (Å²) in [7, 11) is -4.74. The lowest BCUT2D eigenvalue weighted by Crippen LogP contribution is -2.58. The summed E-state index contributed by atoms with van der Waals surface area (Å²) in [4.78, 5) is 44.3. The highest BCUT2D eigenvalue weighted by Crippen LogP contribution is 2.54. The number of aliphatic hydroxyl groups is 1. The number of aromatic amines is 1. The number of sulfonamides is 1. The fourth-order valence-electron chi connectivity index (χ4n) is 12.4. The van der Waals surface area contributed by atoms with Gasteiger partial charge in [0.05, 0.1) is 65.3 Å². The van der Waals surface area contributed by atoms with Crippen LogP contribution in [0.5, 0.6) is 5.88 Å². The fourth-order valence-corrected chi connectivity index (χ4v) is 13.3. The molecule has 20 heteroatoms. The van der Waals surface area contributed by atoms with Crippen LogP contribution in [0.15, 0.2) is 71.9 Å². The molecule has 73 heavy (non-hydrogen) atoms. The number of anilines is 4. The first kappa shape index (κ1) is 49.3. The number of pyridine rings is 2. The van der Waals surface area contributed by atoms with E-state index < -0.39 is 55.0 Å². The van der Waals surface area contributed by atoms with Crippen LogP contribution >= 0.6 is 0 Å². The summed E-state index contributed by atoms with van der Waals surface area (Å²) in [6.07, 6.45) is 8.95. The number of nitro groups is 1. The fraction of sp³-hybridized carbons (Fsp3) is 0.528. The van der Waals surface area contributed by atoms with Crippen molar-refractivity contribution in [2.24, 2.45) is 11.3 Å². The van der Waals surface area contributed by atoms with Crippen molar-refractivity contribution in [3.63, 3.8) is 0 Å². The molecule has 3 saturated heterocycles. The molecule has 0 unspecified atom stereocenters. The molecule has 4 aliphatic heterocycles. The minimum Gasteiger partial charge on any atom is -0.468 e. The second kappa shape index (κ2) is 19.4. The molecule has 5 aromatic rings. The van der Waals surface area contributed by atoms with Gasteiger partial charge in [0, 0.05) is 56.8 Å². The first-order valence-electron chi connectivity index (χ1n) is 25.8. The zero-order chi connectivity index (χ0) is 50.8. The lowest BCUT2D eigenvalue weighted by molar-refractivity contribution is -0.384. The molecule has 3 atom stereocenters. The highest BCUT2D eigenvalue weighted by molar-refractivity contribution is 7.90. The zero-order valence-corrected chi connectivity index (χ0v) is 42.3. The van der Waals surface area contributed by atoms with E-state index in [0.29, 0.717) is 62.4 Å². The number of H-pyrrole nitrogens is 1. The minimum absolute atomic E-state index is 0.00156. The van der Waals surface area contributed by atoms with Crippen LogP contribution in [-0.4, -0.2) is 121 Å². The molecule has 388 valence electrons. The van der Waals surface area contributed by atoms with Crippen molar-refractivity contribution in [3.8, 4) is 5.88 Å². The van der Waals surface area contributed by atoms with E-state index in [1.54, 1.807) is 19.1 Å². The molecule has 3 aromatic heterocycles. The van der Waals surface area contributed by atoms with Crippen molar-refractivity contribution >= 4 is 55.5 Å². The summed E-state index contributed by atoms with van der Waals surface area (Å²) in [5, 5.41) is 25.9. The number of hydrogen-bond acceptors (Lipinski definition) is 15. The highest BCUT2D eigenvalue weighted by atomic mass is 32.2. The maximum atomic E-state index is 15.3. The minimum atomic E-state index is -4.74. The third kappa shape index (κ3) is 9.60. The van der Waals surface area contributed by atoms with Gasteiger partial charge in [-0.3, -0.25) is 19.8 Å². The first-order chi connectivity index (χ1) is 35.1. The van der Waals surface area contributed by atoms with Crippen molar-refractivity contribution in [2.45, 2.75) is 119 Å². The number of piperidine rings is 1. The number of nitrogens with zero attached hydrogens (tertiary/aromatic N) is 6. The molecule has 18 nitrogen and oxygen atoms in total. The second-order valence-electron chi connectivity index (χ2n) is 21.7. The summed E-state index contributed by atoms with van der Waals surface area (Å²) >= 11 is 0. The predicted octanol–water partition coefficient (Wildman–Crippen LogP) is 8.11. The Morgan fingerprint density at radius 3 is 2.53 bits per heavy atom. The molecule has 1 spiro atoms. The Morgan fingerprint density at radius 1 is 1.00 bits per heavy atom. The topological polar surface area (TPSA) is 218 Å². The number of fused-ring (bicyclic) bond motifs is 3. The summed E-state index contributed by atoms with van der Waals surface area (Å²) in [5.41, 5.74) is 3.50. The van der Waals surface area contributed by atoms with Crippen LogP contribution in [-0.2, 0) is 19.5 Å². The standard InChI is InChI=1S/C53H64FN9O9S/c1-32(2)37-6-4-5-7-38(37)46-30-71-21-19-61(46)35-25-53(26-35)15-17-60(18-16-53)34-8-9-39(43(22-34)62-42-12-20-70-31-47(42)72-51-45(62)24-40-41(54)29-57-48(40)58-51)50(64)59-73(68,69)36-23-44(63(66)67)49(56-28-36)55-27-33-10-13-52(3,65)14-11-33/h4-9,22-24,28-29,32-33,35,42,46-47,65H,10-21,25-27,30-31H2,1-3H3,(H,55,56)(H,57,58)(H,59,64)/t33?,42-,46-,47-,52?/m0/s1. The van der Waals surface area contributed by atoms with Crippen LogP contribution in [0.2, 0.25) is 0 Å². The number of carbonyl (C=O) groups excluding carboxylic acids is 1. The lowest BCUT2D eigenvalue weighted by Gasteiger charge is -2.57. The van der Waals surface area contributed by atoms with Crippen LogP contribution < -0.4 is 24.6 Å². The predicted molar refractivity (Wildman–Crippen MR) is 273 cm³/mol. The van der Waals surface area contributed by atoms with Gasteiger partial charge in [0.1, 0.15) is 28.2 Å². The highest BCUT2D eigenvalue weighted by Gasteiger charge is 2.50. The molecule has 4 N–H and O–H groups in total. The summed E-state index contributed by atoms with van der Waals surface area (Å²) in [5.74, 6) is -0.851. The second-order valence-corrected chi connectivity index (χ2v) is 23.4. The molecule has 1 amide bonds. The molecule has 6 aliphatic rings. The van der Waals surface area contributed by atoms with E-state index in [4.69, 9.17) is 14.2 Å². The average molecular weight is 1020 g/mol. The van der Waals surface area contributed by atoms with Gasteiger partial charge < -0.3 is 39.4 Å². The van der Waals surface area contributed by atoms with Gasteiger partial charge in [-0.2, -0.15) is 4.98 Å². The average Bonchev–Trinajstić information content (AvgIpc) is 3.74. The smallest absolute Gasteiger partial charge is 0.312 e. The van der Waals surface area contributed by atoms with Gasteiger partial charge in [-0.1, -0.05) is 38.1 Å². The molecule has 0 bridgehead atoms. The molecule has 7 heterocycles. The SMILES string of the molecule is CC(C)c1ccccc1[C@@H]1COCCN1C1CC2(CCN(c3ccc(C(=O)NS(=O)(=O)c4cnc(NCC5CCC(C)(O)CC5)c([N+](=O)[O-])c4)c(N4c5cc6c(F)c[nH]c6nc5O[C@H]5COCC[C@@H]54)c3)CC2)C1. The van der Waals surface area contributed by atoms with Crippen LogP contribution in [0.25, 0.3) is 11.0 Å². The number of rotatable bonds is 12. The van der Waals surface area contributed by atoms with E-state index >= 15 is 4.39 Å². The molecule has 2 saturated carbocycles.